The van der Waals surface area contributed by atoms with Crippen molar-refractivity contribution in [2.45, 2.75) is 33.9 Å². The molecule has 0 atom stereocenters. The number of benzene rings is 3. The molecule has 3 aromatic carbocycles. The number of carbonyl (C=O) groups is 3. The Bertz CT molecular complexity index is 1660. The van der Waals surface area contributed by atoms with Crippen molar-refractivity contribution in [1.82, 2.24) is 16.0 Å². The molecule has 0 heterocycles. The highest BCUT2D eigenvalue weighted by Gasteiger charge is 2.33. The van der Waals surface area contributed by atoms with Crippen molar-refractivity contribution in [1.29, 1.82) is 0 Å². The van der Waals surface area contributed by atoms with Gasteiger partial charge in [0, 0.05) is 19.6 Å². The van der Waals surface area contributed by atoms with Gasteiger partial charge in [0.15, 0.2) is 5.92 Å². The summed E-state index contributed by atoms with van der Waals surface area (Å²) in [4.78, 5) is 38.2. The molecule has 18 heteroatoms. The van der Waals surface area contributed by atoms with Gasteiger partial charge in [-0.3, -0.25) is 28.0 Å². The first-order valence-electron chi connectivity index (χ1n) is 13.5. The summed E-state index contributed by atoms with van der Waals surface area (Å²) in [5.41, 5.74) is 1.79. The predicted molar refractivity (Wildman–Crippen MR) is 162 cm³/mol. The molecule has 0 saturated carbocycles. The summed E-state index contributed by atoms with van der Waals surface area (Å²) in [6.07, 6.45) is 0.603. The Hall–Kier alpha value is -4.20. The fourth-order valence-corrected chi connectivity index (χ4v) is 5.58. The molecule has 0 aliphatic heterocycles. The van der Waals surface area contributed by atoms with Crippen LogP contribution in [0, 0.1) is 5.92 Å². The van der Waals surface area contributed by atoms with E-state index in [2.05, 4.69) is 16.0 Å². The van der Waals surface area contributed by atoms with E-state index in [1.54, 1.807) is 0 Å². The Morgan fingerprint density at radius 2 is 0.674 bits per heavy atom. The lowest BCUT2D eigenvalue weighted by atomic mass is 10.1. The lowest BCUT2D eigenvalue weighted by Gasteiger charge is -2.17. The first-order valence-corrected chi connectivity index (χ1v) is 17.8. The Labute approximate surface area is 265 Å². The van der Waals surface area contributed by atoms with E-state index in [4.69, 9.17) is 13.7 Å². The Balaban J connectivity index is 1.63. The third kappa shape index (κ3) is 11.0. The standard InChI is InChI=1S/C28H31N3O12S3/c32-26(29-16-13-19-1-7-22(8-2-19)44(35,36)37)25(27(33)30-17-14-20-3-9-23(10-4-20)45(38,39)40)28(34)31-18-15-21-5-11-24(12-6-21)46(41,42)43/h1-12,25H,13-18H2,(H,29,32)(H,30,33)(H,31,34)(H,35,36,37)(H,38,39,40)(H,41,42,43). The average molecular weight is 698 g/mol. The summed E-state index contributed by atoms with van der Waals surface area (Å²) in [6, 6.07) is 15.7. The topological polar surface area (TPSA) is 250 Å². The van der Waals surface area contributed by atoms with Gasteiger partial charge in [-0.1, -0.05) is 36.4 Å². The molecule has 3 aromatic rings. The lowest BCUT2D eigenvalue weighted by Crippen LogP contribution is -2.50. The highest BCUT2D eigenvalue weighted by Crippen LogP contribution is 2.13. The second-order valence-corrected chi connectivity index (χ2v) is 14.2. The van der Waals surface area contributed by atoms with E-state index in [-0.39, 0.29) is 53.6 Å². The highest BCUT2D eigenvalue weighted by molar-refractivity contribution is 7.86. The molecule has 15 nitrogen and oxygen atoms in total. The highest BCUT2D eigenvalue weighted by atomic mass is 32.2. The van der Waals surface area contributed by atoms with Gasteiger partial charge < -0.3 is 16.0 Å². The molecule has 0 spiro atoms. The van der Waals surface area contributed by atoms with Crippen LogP contribution in [-0.2, 0) is 64.0 Å². The van der Waals surface area contributed by atoms with Crippen molar-refractivity contribution in [2.75, 3.05) is 19.6 Å². The molecular formula is C28H31N3O12S3. The first kappa shape index (κ1) is 36.3. The Morgan fingerprint density at radius 3 is 0.870 bits per heavy atom. The molecule has 0 unspecified atom stereocenters. The molecule has 3 amide bonds. The smallest absolute Gasteiger partial charge is 0.294 e. The molecule has 3 rings (SSSR count). The van der Waals surface area contributed by atoms with Crippen LogP contribution < -0.4 is 16.0 Å². The largest absolute Gasteiger partial charge is 0.355 e. The second kappa shape index (κ2) is 15.4. The number of hydrogen-bond donors (Lipinski definition) is 6. The predicted octanol–water partition coefficient (Wildman–Crippen LogP) is 0.419. The van der Waals surface area contributed by atoms with Gasteiger partial charge in [0.25, 0.3) is 30.4 Å². The van der Waals surface area contributed by atoms with Gasteiger partial charge in [-0.2, -0.15) is 25.3 Å². The van der Waals surface area contributed by atoms with Crippen LogP contribution in [0.3, 0.4) is 0 Å². The number of nitrogens with one attached hydrogen (secondary N) is 3. The number of amides is 3. The summed E-state index contributed by atoms with van der Waals surface area (Å²) in [7, 11) is -13.1. The molecule has 0 aliphatic carbocycles. The zero-order valence-corrected chi connectivity index (χ0v) is 26.4. The zero-order valence-electron chi connectivity index (χ0n) is 24.0. The molecule has 46 heavy (non-hydrogen) atoms. The molecule has 0 bridgehead atoms. The fraction of sp³-hybridized carbons (Fsp3) is 0.250. The molecule has 0 saturated heterocycles. The van der Waals surface area contributed by atoms with Crippen LogP contribution in [0.15, 0.2) is 87.5 Å². The molecule has 248 valence electrons. The molecule has 0 fully saturated rings. The quantitative estimate of drug-likeness (QED) is 0.0934. The van der Waals surface area contributed by atoms with Crippen LogP contribution in [-0.4, -0.2) is 76.3 Å². The minimum Gasteiger partial charge on any atom is -0.355 e. The zero-order chi connectivity index (χ0) is 34.1. The van der Waals surface area contributed by atoms with Gasteiger partial charge in [0.1, 0.15) is 0 Å². The SMILES string of the molecule is O=C(NCCc1ccc(S(=O)(=O)O)cc1)C(C(=O)NCCc1ccc(S(=O)(=O)O)cc1)C(=O)NCCc1ccc(S(=O)(=O)O)cc1. The van der Waals surface area contributed by atoms with Gasteiger partial charge in [-0.25, -0.2) is 0 Å². The van der Waals surface area contributed by atoms with E-state index in [0.29, 0.717) is 16.7 Å². The van der Waals surface area contributed by atoms with E-state index >= 15 is 0 Å². The molecule has 6 N–H and O–H groups in total. The monoisotopic (exact) mass is 697 g/mol. The second-order valence-electron chi connectivity index (χ2n) is 9.91. The van der Waals surface area contributed by atoms with Crippen LogP contribution >= 0.6 is 0 Å². The van der Waals surface area contributed by atoms with Gasteiger partial charge >= 0.3 is 0 Å². The van der Waals surface area contributed by atoms with E-state index < -0.39 is 54.0 Å². The van der Waals surface area contributed by atoms with Gasteiger partial charge in [0.05, 0.1) is 14.7 Å². The van der Waals surface area contributed by atoms with E-state index in [9.17, 15) is 39.6 Å². The van der Waals surface area contributed by atoms with Crippen molar-refractivity contribution in [3.63, 3.8) is 0 Å². The Morgan fingerprint density at radius 1 is 0.457 bits per heavy atom. The van der Waals surface area contributed by atoms with Crippen molar-refractivity contribution in [2.24, 2.45) is 5.92 Å². The molecule has 0 aliphatic rings. The summed E-state index contributed by atoms with van der Waals surface area (Å²) in [5, 5.41) is 7.52. The van der Waals surface area contributed by atoms with Crippen LogP contribution in [0.1, 0.15) is 16.7 Å². The van der Waals surface area contributed by atoms with E-state index in [1.807, 2.05) is 0 Å². The third-order valence-corrected chi connectivity index (χ3v) is 9.19. The molecular weight excluding hydrogens is 667 g/mol. The summed E-state index contributed by atoms with van der Waals surface area (Å²) >= 11 is 0. The average Bonchev–Trinajstić information content (AvgIpc) is 2.97. The normalized spacial score (nSPS) is 12.0. The van der Waals surface area contributed by atoms with Crippen molar-refractivity contribution in [3.05, 3.63) is 89.5 Å². The van der Waals surface area contributed by atoms with Crippen LogP contribution in [0.2, 0.25) is 0 Å². The molecule has 0 aromatic heterocycles. The number of rotatable bonds is 15. The molecule has 0 radical (unpaired) electrons. The minimum atomic E-state index is -4.38. The summed E-state index contributed by atoms with van der Waals surface area (Å²) < 4.78 is 94.6. The number of carbonyl (C=O) groups excluding carboxylic acids is 3. The van der Waals surface area contributed by atoms with Crippen LogP contribution in [0.25, 0.3) is 0 Å². The van der Waals surface area contributed by atoms with Crippen molar-refractivity contribution >= 4 is 48.1 Å². The number of hydrogen-bond acceptors (Lipinski definition) is 9. The minimum absolute atomic E-state index is 0.0264. The van der Waals surface area contributed by atoms with Gasteiger partial charge in [-0.15, -0.1) is 0 Å². The van der Waals surface area contributed by atoms with Gasteiger partial charge in [0.2, 0.25) is 17.7 Å². The maximum atomic E-state index is 13.0. The maximum Gasteiger partial charge on any atom is 0.294 e. The summed E-state index contributed by atoms with van der Waals surface area (Å²) in [5.74, 6) is -4.57. The Kier molecular flexibility index (Phi) is 12.1. The fourth-order valence-electron chi connectivity index (χ4n) is 4.14. The van der Waals surface area contributed by atoms with Gasteiger partial charge in [-0.05, 0) is 72.4 Å². The summed E-state index contributed by atoms with van der Waals surface area (Å²) in [6.45, 7) is -0.0793. The first-order chi connectivity index (χ1) is 21.4. The van der Waals surface area contributed by atoms with E-state index in [0.717, 1.165) is 0 Å². The maximum absolute atomic E-state index is 13.0. The van der Waals surface area contributed by atoms with Crippen molar-refractivity contribution < 1.29 is 53.3 Å². The third-order valence-electron chi connectivity index (χ3n) is 6.59. The van der Waals surface area contributed by atoms with E-state index in [1.165, 1.54) is 72.8 Å². The van der Waals surface area contributed by atoms with Crippen LogP contribution in [0.4, 0.5) is 0 Å². The lowest BCUT2D eigenvalue weighted by molar-refractivity contribution is -0.142. The van der Waals surface area contributed by atoms with Crippen molar-refractivity contribution in [3.8, 4) is 0 Å². The van der Waals surface area contributed by atoms with Crippen LogP contribution in [0.5, 0.6) is 0 Å².